The molecule has 1 amide bonds. The molecule has 19 heavy (non-hydrogen) atoms. The normalized spacial score (nSPS) is 10.2. The van der Waals surface area contributed by atoms with Crippen molar-refractivity contribution in [2.24, 2.45) is 0 Å². The minimum Gasteiger partial charge on any atom is -0.493 e. The zero-order valence-electron chi connectivity index (χ0n) is 11.1. The highest BCUT2D eigenvalue weighted by molar-refractivity contribution is 5.86. The first kappa shape index (κ1) is 13.2. The van der Waals surface area contributed by atoms with Crippen molar-refractivity contribution in [3.8, 4) is 11.5 Å². The average Bonchev–Trinajstić information content (AvgIpc) is 2.46. The molecule has 0 saturated carbocycles. The number of benzene rings is 2. The molecule has 0 heterocycles. The van der Waals surface area contributed by atoms with E-state index in [-0.39, 0.29) is 0 Å². The summed E-state index contributed by atoms with van der Waals surface area (Å²) in [6.07, 6.45) is 1.53. The van der Waals surface area contributed by atoms with Crippen molar-refractivity contribution < 1.29 is 14.3 Å². The zero-order chi connectivity index (χ0) is 13.7. The summed E-state index contributed by atoms with van der Waals surface area (Å²) in [5.74, 6) is 1.45. The van der Waals surface area contributed by atoms with Gasteiger partial charge in [0, 0.05) is 6.54 Å². The fourth-order valence-electron chi connectivity index (χ4n) is 2.06. The van der Waals surface area contributed by atoms with E-state index in [0.717, 1.165) is 35.1 Å². The van der Waals surface area contributed by atoms with Gasteiger partial charge in [-0.1, -0.05) is 18.2 Å². The minimum absolute atomic E-state index is 0.641. The number of rotatable bonds is 6. The Morgan fingerprint density at radius 1 is 1.05 bits per heavy atom. The Kier molecular flexibility index (Phi) is 4.23. The first-order chi connectivity index (χ1) is 9.28. The first-order valence-corrected chi connectivity index (χ1v) is 6.10. The van der Waals surface area contributed by atoms with Gasteiger partial charge in [0.2, 0.25) is 6.41 Å². The Hall–Kier alpha value is -2.23. The molecule has 0 unspecified atom stereocenters. The quantitative estimate of drug-likeness (QED) is 0.638. The lowest BCUT2D eigenvalue weighted by molar-refractivity contribution is -0.109. The molecular formula is C15H17NO3. The van der Waals surface area contributed by atoms with Crippen LogP contribution in [0.15, 0.2) is 30.3 Å². The van der Waals surface area contributed by atoms with Gasteiger partial charge in [-0.25, -0.2) is 0 Å². The lowest BCUT2D eigenvalue weighted by Gasteiger charge is -2.10. The number of carbonyl (C=O) groups is 1. The van der Waals surface area contributed by atoms with E-state index in [1.54, 1.807) is 14.2 Å². The van der Waals surface area contributed by atoms with Crippen molar-refractivity contribution in [1.29, 1.82) is 0 Å². The van der Waals surface area contributed by atoms with Gasteiger partial charge in [0.05, 0.1) is 14.2 Å². The standard InChI is InChI=1S/C15H17NO3/c1-18-14-8-12-4-3-11(5-6-16-10-17)7-13(12)9-15(14)19-2/h3-4,7-10H,5-6H2,1-2H3,(H,16,17). The third kappa shape index (κ3) is 2.96. The molecule has 0 aromatic heterocycles. The lowest BCUT2D eigenvalue weighted by Crippen LogP contribution is -2.14. The van der Waals surface area contributed by atoms with Crippen LogP contribution < -0.4 is 14.8 Å². The molecule has 1 N–H and O–H groups in total. The van der Waals surface area contributed by atoms with Gasteiger partial charge >= 0.3 is 0 Å². The Morgan fingerprint density at radius 2 is 1.74 bits per heavy atom. The molecule has 4 heteroatoms. The molecule has 0 fully saturated rings. The zero-order valence-corrected chi connectivity index (χ0v) is 11.1. The molecule has 0 spiro atoms. The molecule has 0 radical (unpaired) electrons. The second kappa shape index (κ2) is 6.09. The van der Waals surface area contributed by atoms with Crippen LogP contribution in [0.4, 0.5) is 0 Å². The maximum atomic E-state index is 10.2. The fourth-order valence-corrected chi connectivity index (χ4v) is 2.06. The van der Waals surface area contributed by atoms with Crippen LogP contribution in [0.2, 0.25) is 0 Å². The van der Waals surface area contributed by atoms with Gasteiger partial charge in [0.25, 0.3) is 0 Å². The van der Waals surface area contributed by atoms with Crippen molar-refractivity contribution in [3.05, 3.63) is 35.9 Å². The number of carbonyl (C=O) groups excluding carboxylic acids is 1. The number of fused-ring (bicyclic) bond motifs is 1. The highest BCUT2D eigenvalue weighted by Gasteiger charge is 2.06. The molecule has 0 saturated heterocycles. The summed E-state index contributed by atoms with van der Waals surface area (Å²) in [6, 6.07) is 10.1. The largest absolute Gasteiger partial charge is 0.493 e. The van der Waals surface area contributed by atoms with Crippen molar-refractivity contribution in [3.63, 3.8) is 0 Å². The van der Waals surface area contributed by atoms with Crippen LogP contribution >= 0.6 is 0 Å². The van der Waals surface area contributed by atoms with Gasteiger partial charge < -0.3 is 14.8 Å². The number of methoxy groups -OCH3 is 2. The van der Waals surface area contributed by atoms with Gasteiger partial charge in [-0.15, -0.1) is 0 Å². The van der Waals surface area contributed by atoms with E-state index < -0.39 is 0 Å². The molecule has 0 aliphatic heterocycles. The van der Waals surface area contributed by atoms with Crippen LogP contribution in [0.25, 0.3) is 10.8 Å². The van der Waals surface area contributed by atoms with E-state index >= 15 is 0 Å². The van der Waals surface area contributed by atoms with Crippen molar-refractivity contribution in [2.75, 3.05) is 20.8 Å². The van der Waals surface area contributed by atoms with Crippen LogP contribution in [0.3, 0.4) is 0 Å². The molecule has 0 atom stereocenters. The lowest BCUT2D eigenvalue weighted by atomic mass is 10.0. The highest BCUT2D eigenvalue weighted by atomic mass is 16.5. The maximum absolute atomic E-state index is 10.2. The Bertz CT molecular complexity index is 581. The number of hydrogen-bond donors (Lipinski definition) is 1. The summed E-state index contributed by atoms with van der Waals surface area (Å²) in [5.41, 5.74) is 1.18. The van der Waals surface area contributed by atoms with Gasteiger partial charge in [0.1, 0.15) is 0 Å². The number of ether oxygens (including phenoxy) is 2. The molecule has 0 bridgehead atoms. The molecule has 0 aliphatic rings. The Balaban J connectivity index is 2.33. The predicted molar refractivity (Wildman–Crippen MR) is 74.8 cm³/mol. The van der Waals surface area contributed by atoms with E-state index in [1.807, 2.05) is 18.2 Å². The van der Waals surface area contributed by atoms with Crippen molar-refractivity contribution in [2.45, 2.75) is 6.42 Å². The summed E-state index contributed by atoms with van der Waals surface area (Å²) in [7, 11) is 3.25. The monoisotopic (exact) mass is 259 g/mol. The number of amides is 1. The second-order valence-electron chi connectivity index (χ2n) is 4.21. The van der Waals surface area contributed by atoms with Gasteiger partial charge in [-0.2, -0.15) is 0 Å². The molecule has 2 rings (SSSR count). The molecule has 0 aliphatic carbocycles. The number of hydrogen-bond acceptors (Lipinski definition) is 3. The van der Waals surface area contributed by atoms with Crippen molar-refractivity contribution in [1.82, 2.24) is 5.32 Å². The topological polar surface area (TPSA) is 47.6 Å². The predicted octanol–water partition coefficient (Wildman–Crippen LogP) is 2.15. The number of nitrogens with one attached hydrogen (secondary N) is 1. The third-order valence-electron chi connectivity index (χ3n) is 3.05. The highest BCUT2D eigenvalue weighted by Crippen LogP contribution is 2.32. The molecular weight excluding hydrogens is 242 g/mol. The van der Waals surface area contributed by atoms with E-state index in [2.05, 4.69) is 17.4 Å². The summed E-state index contributed by atoms with van der Waals surface area (Å²) < 4.78 is 10.6. The molecule has 2 aromatic carbocycles. The first-order valence-electron chi connectivity index (χ1n) is 6.10. The van der Waals surface area contributed by atoms with E-state index in [9.17, 15) is 4.79 Å². The smallest absolute Gasteiger partial charge is 0.207 e. The van der Waals surface area contributed by atoms with Gasteiger partial charge in [-0.3, -0.25) is 4.79 Å². The summed E-state index contributed by atoms with van der Waals surface area (Å²) >= 11 is 0. The van der Waals surface area contributed by atoms with Crippen LogP contribution in [0.5, 0.6) is 11.5 Å². The van der Waals surface area contributed by atoms with E-state index in [4.69, 9.17) is 9.47 Å². The van der Waals surface area contributed by atoms with E-state index in [0.29, 0.717) is 6.54 Å². The van der Waals surface area contributed by atoms with Crippen molar-refractivity contribution >= 4 is 17.2 Å². The maximum Gasteiger partial charge on any atom is 0.207 e. The van der Waals surface area contributed by atoms with Crippen LogP contribution in [0, 0.1) is 0 Å². The SMILES string of the molecule is COc1cc2ccc(CCNC=O)cc2cc1OC. The Morgan fingerprint density at radius 3 is 2.37 bits per heavy atom. The molecule has 2 aromatic rings. The van der Waals surface area contributed by atoms with Crippen LogP contribution in [-0.2, 0) is 11.2 Å². The average molecular weight is 259 g/mol. The van der Waals surface area contributed by atoms with Gasteiger partial charge in [-0.05, 0) is 34.9 Å². The van der Waals surface area contributed by atoms with E-state index in [1.165, 1.54) is 5.56 Å². The van der Waals surface area contributed by atoms with Crippen LogP contribution in [0.1, 0.15) is 5.56 Å². The second-order valence-corrected chi connectivity index (χ2v) is 4.21. The third-order valence-corrected chi connectivity index (χ3v) is 3.05. The summed E-state index contributed by atoms with van der Waals surface area (Å²) in [5, 5.41) is 4.86. The Labute approximate surface area is 112 Å². The summed E-state index contributed by atoms with van der Waals surface area (Å²) in [4.78, 5) is 10.2. The molecule has 4 nitrogen and oxygen atoms in total. The minimum atomic E-state index is 0.641. The molecule has 100 valence electrons. The van der Waals surface area contributed by atoms with Gasteiger partial charge in [0.15, 0.2) is 11.5 Å². The summed E-state index contributed by atoms with van der Waals surface area (Å²) in [6.45, 7) is 0.641. The fraction of sp³-hybridized carbons (Fsp3) is 0.267. The van der Waals surface area contributed by atoms with Crippen LogP contribution in [-0.4, -0.2) is 27.2 Å².